The average Bonchev–Trinajstić information content (AvgIpc) is 2.37. The Hall–Kier alpha value is -1.10. The first-order chi connectivity index (χ1) is 9.51. The molecule has 0 rings (SSSR count). The minimum absolute atomic E-state index is 0.0116. The van der Waals surface area contributed by atoms with E-state index in [0.29, 0.717) is 6.42 Å². The van der Waals surface area contributed by atoms with E-state index < -0.39 is 0 Å². The van der Waals surface area contributed by atoms with Gasteiger partial charge in [-0.15, -0.1) is 0 Å². The second kappa shape index (κ2) is 11.7. The van der Waals surface area contributed by atoms with E-state index in [2.05, 4.69) is 17.6 Å². The van der Waals surface area contributed by atoms with E-state index in [1.165, 1.54) is 19.3 Å². The number of amides is 2. The molecule has 118 valence electrons. The number of nitrogens with two attached hydrogens (primary N) is 1. The monoisotopic (exact) mass is 285 g/mol. The lowest BCUT2D eigenvalue weighted by Crippen LogP contribution is -2.50. The van der Waals surface area contributed by atoms with Crippen LogP contribution in [0.15, 0.2) is 0 Å². The molecule has 0 saturated carbocycles. The van der Waals surface area contributed by atoms with Crippen LogP contribution in [-0.4, -0.2) is 30.4 Å². The van der Waals surface area contributed by atoms with Crippen molar-refractivity contribution in [2.24, 2.45) is 5.73 Å². The highest BCUT2D eigenvalue weighted by Crippen LogP contribution is 2.06. The normalized spacial score (nSPS) is 13.8. The van der Waals surface area contributed by atoms with Gasteiger partial charge in [0.05, 0.1) is 6.04 Å². The highest BCUT2D eigenvalue weighted by molar-refractivity contribution is 5.79. The number of hydrogen-bond acceptors (Lipinski definition) is 3. The molecule has 0 radical (unpaired) electrons. The second-order valence-corrected chi connectivity index (χ2v) is 5.36. The van der Waals surface area contributed by atoms with Crippen molar-refractivity contribution >= 4 is 11.8 Å². The van der Waals surface area contributed by atoms with Gasteiger partial charge in [-0.25, -0.2) is 0 Å². The Morgan fingerprint density at radius 1 is 1.10 bits per heavy atom. The molecular formula is C15H31N3O2. The molecule has 2 amide bonds. The molecule has 5 heteroatoms. The first-order valence-corrected chi connectivity index (χ1v) is 7.82. The summed E-state index contributed by atoms with van der Waals surface area (Å²) in [5.41, 5.74) is 5.24. The van der Waals surface area contributed by atoms with Gasteiger partial charge in [0.2, 0.25) is 11.8 Å². The maximum Gasteiger partial charge on any atom is 0.220 e. The van der Waals surface area contributed by atoms with Crippen molar-refractivity contribution in [2.75, 3.05) is 6.54 Å². The summed E-state index contributed by atoms with van der Waals surface area (Å²) in [6.07, 6.45) is 6.31. The van der Waals surface area contributed by atoms with E-state index >= 15 is 0 Å². The third-order valence-electron chi connectivity index (χ3n) is 3.40. The highest BCUT2D eigenvalue weighted by Gasteiger charge is 2.20. The predicted octanol–water partition coefficient (Wildman–Crippen LogP) is 1.71. The number of carbonyl (C=O) groups is 2. The van der Waals surface area contributed by atoms with E-state index in [1.807, 2.05) is 13.8 Å². The van der Waals surface area contributed by atoms with Crippen LogP contribution in [0.4, 0.5) is 0 Å². The maximum atomic E-state index is 11.9. The van der Waals surface area contributed by atoms with E-state index in [4.69, 9.17) is 5.73 Å². The smallest absolute Gasteiger partial charge is 0.220 e. The van der Waals surface area contributed by atoms with Crippen molar-refractivity contribution in [3.63, 3.8) is 0 Å². The van der Waals surface area contributed by atoms with Gasteiger partial charge >= 0.3 is 0 Å². The van der Waals surface area contributed by atoms with Crippen molar-refractivity contribution in [1.29, 1.82) is 0 Å². The van der Waals surface area contributed by atoms with E-state index in [-0.39, 0.29) is 30.3 Å². The summed E-state index contributed by atoms with van der Waals surface area (Å²) in [6.45, 7) is 6.92. The minimum atomic E-state index is -0.386. The number of carbonyl (C=O) groups excluding carboxylic acids is 2. The van der Waals surface area contributed by atoms with Crippen molar-refractivity contribution in [1.82, 2.24) is 10.6 Å². The first-order valence-electron chi connectivity index (χ1n) is 7.82. The number of unbranched alkanes of at least 4 members (excludes halogenated alkanes) is 4. The van der Waals surface area contributed by atoms with Crippen LogP contribution in [0.1, 0.15) is 65.7 Å². The molecule has 0 aliphatic carbocycles. The SMILES string of the molecule is CCCCCCCC(=O)N[C@H](CC(N)=O)C(C)NCC. The average molecular weight is 285 g/mol. The number of nitrogens with one attached hydrogen (secondary N) is 2. The Balaban J connectivity index is 4.07. The van der Waals surface area contributed by atoms with E-state index in [1.54, 1.807) is 0 Å². The van der Waals surface area contributed by atoms with Gasteiger partial charge in [0, 0.05) is 18.9 Å². The van der Waals surface area contributed by atoms with E-state index in [9.17, 15) is 9.59 Å². The van der Waals surface area contributed by atoms with Gasteiger partial charge in [-0.3, -0.25) is 9.59 Å². The summed E-state index contributed by atoms with van der Waals surface area (Å²) in [6, 6.07) is -0.188. The molecule has 5 nitrogen and oxygen atoms in total. The van der Waals surface area contributed by atoms with Gasteiger partial charge in [-0.05, 0) is 19.9 Å². The lowest BCUT2D eigenvalue weighted by Gasteiger charge is -2.24. The maximum absolute atomic E-state index is 11.9. The second-order valence-electron chi connectivity index (χ2n) is 5.36. The molecule has 0 heterocycles. The number of rotatable bonds is 12. The van der Waals surface area contributed by atoms with Gasteiger partial charge in [-0.2, -0.15) is 0 Å². The molecule has 0 saturated heterocycles. The number of hydrogen-bond donors (Lipinski definition) is 3. The summed E-state index contributed by atoms with van der Waals surface area (Å²) in [5.74, 6) is -0.375. The molecule has 0 bridgehead atoms. The van der Waals surface area contributed by atoms with Crippen LogP contribution < -0.4 is 16.4 Å². The summed E-state index contributed by atoms with van der Waals surface area (Å²) in [4.78, 5) is 23.0. The molecule has 0 aliphatic rings. The lowest BCUT2D eigenvalue weighted by atomic mass is 10.0. The largest absolute Gasteiger partial charge is 0.370 e. The zero-order valence-electron chi connectivity index (χ0n) is 13.2. The quantitative estimate of drug-likeness (QED) is 0.477. The predicted molar refractivity (Wildman–Crippen MR) is 82.3 cm³/mol. The molecule has 0 aromatic rings. The zero-order valence-corrected chi connectivity index (χ0v) is 13.2. The van der Waals surface area contributed by atoms with Crippen LogP contribution in [0, 0.1) is 0 Å². The molecule has 0 fully saturated rings. The molecular weight excluding hydrogens is 254 g/mol. The topological polar surface area (TPSA) is 84.2 Å². The molecule has 0 aromatic carbocycles. The molecule has 0 aromatic heterocycles. The van der Waals surface area contributed by atoms with Gasteiger partial charge < -0.3 is 16.4 Å². The Morgan fingerprint density at radius 3 is 2.30 bits per heavy atom. The highest BCUT2D eigenvalue weighted by atomic mass is 16.2. The van der Waals surface area contributed by atoms with Crippen molar-refractivity contribution < 1.29 is 9.59 Å². The van der Waals surface area contributed by atoms with Crippen LogP contribution >= 0.6 is 0 Å². The summed E-state index contributed by atoms with van der Waals surface area (Å²) < 4.78 is 0. The van der Waals surface area contributed by atoms with Crippen LogP contribution in [0.25, 0.3) is 0 Å². The molecule has 2 atom stereocenters. The van der Waals surface area contributed by atoms with Gasteiger partial charge in [-0.1, -0.05) is 39.5 Å². The Bertz CT molecular complexity index is 282. The number of likely N-dealkylation sites (N-methyl/N-ethyl adjacent to an activating group) is 1. The van der Waals surface area contributed by atoms with Crippen molar-refractivity contribution in [3.8, 4) is 0 Å². The summed E-state index contributed by atoms with van der Waals surface area (Å²) in [7, 11) is 0. The van der Waals surface area contributed by atoms with Gasteiger partial charge in [0.1, 0.15) is 0 Å². The standard InChI is InChI=1S/C15H31N3O2/c1-4-6-7-8-9-10-15(20)18-13(11-14(16)19)12(3)17-5-2/h12-13,17H,4-11H2,1-3H3,(H2,16,19)(H,18,20)/t12?,13-/m1/s1. The van der Waals surface area contributed by atoms with Crippen molar-refractivity contribution in [2.45, 2.75) is 77.8 Å². The van der Waals surface area contributed by atoms with Crippen LogP contribution in [0.3, 0.4) is 0 Å². The fourth-order valence-electron chi connectivity index (χ4n) is 2.20. The third-order valence-corrected chi connectivity index (χ3v) is 3.40. The third kappa shape index (κ3) is 9.78. The van der Waals surface area contributed by atoms with Crippen molar-refractivity contribution in [3.05, 3.63) is 0 Å². The summed E-state index contributed by atoms with van der Waals surface area (Å²) in [5, 5.41) is 6.14. The Labute approximate surface area is 123 Å². The molecule has 0 spiro atoms. The minimum Gasteiger partial charge on any atom is -0.370 e. The van der Waals surface area contributed by atoms with E-state index in [0.717, 1.165) is 19.4 Å². The zero-order chi connectivity index (χ0) is 15.4. The fraction of sp³-hybridized carbons (Fsp3) is 0.867. The Kier molecular flexibility index (Phi) is 11.1. The van der Waals surface area contributed by atoms with Crippen LogP contribution in [0.5, 0.6) is 0 Å². The van der Waals surface area contributed by atoms with Gasteiger partial charge in [0.15, 0.2) is 0 Å². The summed E-state index contributed by atoms with van der Waals surface area (Å²) >= 11 is 0. The fourth-order valence-corrected chi connectivity index (χ4v) is 2.20. The number of primary amides is 1. The molecule has 20 heavy (non-hydrogen) atoms. The molecule has 0 aliphatic heterocycles. The van der Waals surface area contributed by atoms with Crippen LogP contribution in [0.2, 0.25) is 0 Å². The van der Waals surface area contributed by atoms with Crippen LogP contribution in [-0.2, 0) is 9.59 Å². The molecule has 4 N–H and O–H groups in total. The Morgan fingerprint density at radius 2 is 1.75 bits per heavy atom. The molecule has 1 unspecified atom stereocenters. The van der Waals surface area contributed by atoms with Gasteiger partial charge in [0.25, 0.3) is 0 Å². The first kappa shape index (κ1) is 18.9. The lowest BCUT2D eigenvalue weighted by molar-refractivity contribution is -0.123.